The maximum absolute atomic E-state index is 10.4. The summed E-state index contributed by atoms with van der Waals surface area (Å²) in [5, 5.41) is 49.3. The van der Waals surface area contributed by atoms with Gasteiger partial charge in [0.2, 0.25) is 0 Å². The van der Waals surface area contributed by atoms with Crippen LogP contribution in [0.4, 0.5) is 0 Å². The van der Waals surface area contributed by atoms with E-state index in [2.05, 4.69) is 9.80 Å². The number of para-hydroxylation sites is 2. The lowest BCUT2D eigenvalue weighted by Crippen LogP contribution is -2.48. The Morgan fingerprint density at radius 3 is 1.24 bits per heavy atom. The van der Waals surface area contributed by atoms with Gasteiger partial charge in [0.1, 0.15) is 57.3 Å². The number of hydrogen-bond acceptors (Lipinski definition) is 15. The minimum absolute atomic E-state index is 0.162. The van der Waals surface area contributed by atoms with Gasteiger partial charge in [0.15, 0.2) is 0 Å². The SMILES string of the molecule is CCOC(COc1ccccc1)CN(CO)CCN(CCN(CO)CCN(CC(CC)OCO)CC(CC)OCO)CC(COc1ccccc1)OCO. The Hall–Kier alpha value is -2.48. The summed E-state index contributed by atoms with van der Waals surface area (Å²) in [5.41, 5.74) is 0. The van der Waals surface area contributed by atoms with Gasteiger partial charge in [0, 0.05) is 72.1 Å². The van der Waals surface area contributed by atoms with Crippen molar-refractivity contribution in [3.63, 3.8) is 0 Å². The molecule has 0 fully saturated rings. The van der Waals surface area contributed by atoms with E-state index in [-0.39, 0.29) is 52.0 Å². The van der Waals surface area contributed by atoms with E-state index >= 15 is 0 Å². The van der Waals surface area contributed by atoms with Gasteiger partial charge in [-0.15, -0.1) is 0 Å². The molecule has 4 unspecified atom stereocenters. The monoisotopic (exact) mass is 768 g/mol. The van der Waals surface area contributed by atoms with Crippen LogP contribution < -0.4 is 9.47 Å². The normalized spacial score (nSPS) is 14.2. The zero-order valence-electron chi connectivity index (χ0n) is 32.7. The van der Waals surface area contributed by atoms with Crippen LogP contribution in [-0.4, -0.2) is 189 Å². The number of ether oxygens (including phenoxy) is 6. The second-order valence-corrected chi connectivity index (χ2v) is 12.9. The fourth-order valence-corrected chi connectivity index (χ4v) is 5.89. The topological polar surface area (TPSA) is 169 Å². The second kappa shape index (κ2) is 30.7. The summed E-state index contributed by atoms with van der Waals surface area (Å²) in [6.45, 7) is 10.7. The predicted octanol–water partition coefficient (Wildman–Crippen LogP) is 1.48. The first-order chi connectivity index (χ1) is 26.4. The van der Waals surface area contributed by atoms with Crippen molar-refractivity contribution in [1.29, 1.82) is 0 Å². The third-order valence-corrected chi connectivity index (χ3v) is 9.05. The number of nitrogens with zero attached hydrogens (tertiary/aromatic N) is 4. The molecule has 15 nitrogen and oxygen atoms in total. The maximum atomic E-state index is 10.4. The highest BCUT2D eigenvalue weighted by Crippen LogP contribution is 2.13. The van der Waals surface area contributed by atoms with Gasteiger partial charge in [0.25, 0.3) is 0 Å². The molecule has 0 amide bonds. The molecule has 0 aliphatic carbocycles. The first-order valence-electron chi connectivity index (χ1n) is 19.2. The number of aliphatic hydroxyl groups excluding tert-OH is 5. The molecule has 2 aromatic carbocycles. The van der Waals surface area contributed by atoms with Gasteiger partial charge in [-0.05, 0) is 44.0 Å². The summed E-state index contributed by atoms with van der Waals surface area (Å²) in [4.78, 5) is 8.21. The summed E-state index contributed by atoms with van der Waals surface area (Å²) >= 11 is 0. The molecule has 0 radical (unpaired) electrons. The van der Waals surface area contributed by atoms with Crippen molar-refractivity contribution in [3.05, 3.63) is 60.7 Å². The van der Waals surface area contributed by atoms with Crippen LogP contribution in [0.5, 0.6) is 11.5 Å². The van der Waals surface area contributed by atoms with Gasteiger partial charge >= 0.3 is 0 Å². The fraction of sp³-hybridized carbons (Fsp3) is 0.692. The molecular formula is C39H68N4O11. The van der Waals surface area contributed by atoms with Gasteiger partial charge in [-0.3, -0.25) is 19.6 Å². The number of benzene rings is 2. The largest absolute Gasteiger partial charge is 0.491 e. The van der Waals surface area contributed by atoms with Crippen molar-refractivity contribution in [3.8, 4) is 11.5 Å². The van der Waals surface area contributed by atoms with Crippen LogP contribution in [0.2, 0.25) is 0 Å². The average molecular weight is 769 g/mol. The van der Waals surface area contributed by atoms with Crippen LogP contribution >= 0.6 is 0 Å². The van der Waals surface area contributed by atoms with E-state index in [4.69, 9.17) is 28.4 Å². The average Bonchev–Trinajstić information content (AvgIpc) is 3.20. The lowest BCUT2D eigenvalue weighted by Gasteiger charge is -2.33. The second-order valence-electron chi connectivity index (χ2n) is 12.9. The molecule has 5 N–H and O–H groups in total. The standard InChI is InChI=1S/C39H68N4O11/c1-4-34(52-31-46)23-42(24-35(5-2)53-32-47)21-20-41(29-44)19-17-40(25-39(54-33-48)28-51-37-15-11-8-12-16-37)18-22-43(30-45)26-38(49-6-3)27-50-36-13-9-7-10-14-36/h7-16,34-35,38-39,44-48H,4-6,17-33H2,1-3H3. The molecule has 0 saturated carbocycles. The zero-order valence-corrected chi connectivity index (χ0v) is 32.7. The molecule has 2 aromatic rings. The van der Waals surface area contributed by atoms with Crippen molar-refractivity contribution in [2.75, 3.05) is 119 Å². The Morgan fingerprint density at radius 2 is 0.815 bits per heavy atom. The first kappa shape index (κ1) is 47.7. The molecule has 2 rings (SSSR count). The predicted molar refractivity (Wildman–Crippen MR) is 206 cm³/mol. The number of aliphatic hydroxyl groups is 5. The molecule has 0 bridgehead atoms. The highest BCUT2D eigenvalue weighted by molar-refractivity contribution is 5.21. The smallest absolute Gasteiger partial charge is 0.144 e. The van der Waals surface area contributed by atoms with Crippen LogP contribution in [0.3, 0.4) is 0 Å². The molecule has 0 spiro atoms. The summed E-state index contributed by atoms with van der Waals surface area (Å²) in [6, 6.07) is 19.0. The Kier molecular flexibility index (Phi) is 27.1. The van der Waals surface area contributed by atoms with Crippen molar-refractivity contribution in [2.24, 2.45) is 0 Å². The minimum Gasteiger partial charge on any atom is -0.491 e. The van der Waals surface area contributed by atoms with Crippen molar-refractivity contribution >= 4 is 0 Å². The summed E-state index contributed by atoms with van der Waals surface area (Å²) < 4.78 is 34.7. The first-order valence-corrected chi connectivity index (χ1v) is 19.2. The molecule has 0 aliphatic heterocycles. The fourth-order valence-electron chi connectivity index (χ4n) is 5.89. The van der Waals surface area contributed by atoms with Gasteiger partial charge in [-0.2, -0.15) is 0 Å². The Labute approximate surface area is 322 Å². The Balaban J connectivity index is 2.13. The van der Waals surface area contributed by atoms with E-state index in [0.29, 0.717) is 97.3 Å². The maximum Gasteiger partial charge on any atom is 0.144 e. The molecule has 0 aromatic heterocycles. The zero-order chi connectivity index (χ0) is 39.2. The molecule has 0 saturated heterocycles. The molecule has 15 heteroatoms. The highest BCUT2D eigenvalue weighted by Gasteiger charge is 2.22. The Bertz CT molecular complexity index is 1110. The number of hydrogen-bond donors (Lipinski definition) is 5. The number of rotatable bonds is 35. The quantitative estimate of drug-likeness (QED) is 0.0639. The van der Waals surface area contributed by atoms with E-state index in [1.165, 1.54) is 0 Å². The van der Waals surface area contributed by atoms with Crippen molar-refractivity contribution < 1.29 is 54.0 Å². The third-order valence-electron chi connectivity index (χ3n) is 9.05. The van der Waals surface area contributed by atoms with Crippen LogP contribution in [0.15, 0.2) is 60.7 Å². The van der Waals surface area contributed by atoms with Gasteiger partial charge in [-0.25, -0.2) is 0 Å². The molecule has 54 heavy (non-hydrogen) atoms. The molecule has 4 atom stereocenters. The lowest BCUT2D eigenvalue weighted by molar-refractivity contribution is -0.0828. The Morgan fingerprint density at radius 1 is 0.444 bits per heavy atom. The molecular weight excluding hydrogens is 700 g/mol. The van der Waals surface area contributed by atoms with Crippen LogP contribution in [0, 0.1) is 0 Å². The van der Waals surface area contributed by atoms with Crippen LogP contribution in [-0.2, 0) is 18.9 Å². The van der Waals surface area contributed by atoms with Crippen LogP contribution in [0.25, 0.3) is 0 Å². The van der Waals surface area contributed by atoms with Crippen LogP contribution in [0.1, 0.15) is 33.6 Å². The van der Waals surface area contributed by atoms with E-state index in [1.54, 1.807) is 0 Å². The summed E-state index contributed by atoms with van der Waals surface area (Å²) in [5.74, 6) is 1.45. The molecule has 0 aliphatic rings. The van der Waals surface area contributed by atoms with E-state index < -0.39 is 12.9 Å². The van der Waals surface area contributed by atoms with E-state index in [1.807, 2.05) is 91.2 Å². The minimum atomic E-state index is -0.465. The van der Waals surface area contributed by atoms with Gasteiger partial charge in [-0.1, -0.05) is 50.2 Å². The molecule has 310 valence electrons. The van der Waals surface area contributed by atoms with Crippen molar-refractivity contribution in [2.45, 2.75) is 58.0 Å². The van der Waals surface area contributed by atoms with Crippen molar-refractivity contribution in [1.82, 2.24) is 19.6 Å². The highest BCUT2D eigenvalue weighted by atomic mass is 16.6. The van der Waals surface area contributed by atoms with E-state index in [0.717, 1.165) is 5.75 Å². The molecule has 0 heterocycles. The lowest BCUT2D eigenvalue weighted by atomic mass is 10.2. The van der Waals surface area contributed by atoms with E-state index in [9.17, 15) is 25.5 Å². The summed E-state index contributed by atoms with van der Waals surface area (Å²) in [7, 11) is 0. The third kappa shape index (κ3) is 21.0. The van der Waals surface area contributed by atoms with Gasteiger partial charge < -0.3 is 54.0 Å². The van der Waals surface area contributed by atoms with Gasteiger partial charge in [0.05, 0.1) is 25.7 Å². The summed E-state index contributed by atoms with van der Waals surface area (Å²) in [6.07, 6.45) is 0.356.